The van der Waals surface area contributed by atoms with Gasteiger partial charge >= 0.3 is 0 Å². The lowest BCUT2D eigenvalue weighted by molar-refractivity contribution is -0.123. The molecule has 4 heteroatoms. The molecule has 1 amide bonds. The number of hydrogen-bond acceptors (Lipinski definition) is 3. The molecule has 0 radical (unpaired) electrons. The zero-order valence-corrected chi connectivity index (χ0v) is 11.2. The van der Waals surface area contributed by atoms with Gasteiger partial charge in [-0.1, -0.05) is 0 Å². The summed E-state index contributed by atoms with van der Waals surface area (Å²) in [6, 6.07) is 3.48. The van der Waals surface area contributed by atoms with Crippen LogP contribution >= 0.6 is 0 Å². The summed E-state index contributed by atoms with van der Waals surface area (Å²) in [6.45, 7) is 1.93. The molecular weight excluding hydrogens is 242 g/mol. The number of aliphatic hydroxyl groups excluding tert-OH is 1. The Hall–Kier alpha value is -1.29. The smallest absolute Gasteiger partial charge is 0.223 e. The Morgan fingerprint density at radius 2 is 2.37 bits per heavy atom. The van der Waals surface area contributed by atoms with Crippen LogP contribution in [0.2, 0.25) is 0 Å². The maximum absolute atomic E-state index is 12.0. The molecule has 0 aliphatic heterocycles. The van der Waals surface area contributed by atoms with Crippen molar-refractivity contribution in [3.05, 3.63) is 24.2 Å². The van der Waals surface area contributed by atoms with Crippen LogP contribution in [0.3, 0.4) is 0 Å². The summed E-state index contributed by atoms with van der Waals surface area (Å²) in [6.07, 6.45) is 5.06. The summed E-state index contributed by atoms with van der Waals surface area (Å²) in [5.74, 6) is 2.41. The van der Waals surface area contributed by atoms with E-state index >= 15 is 0 Å². The Kier molecular flexibility index (Phi) is 3.35. The fourth-order valence-electron chi connectivity index (χ4n) is 2.90. The van der Waals surface area contributed by atoms with Gasteiger partial charge in [-0.05, 0) is 50.2 Å². The Balaban J connectivity index is 1.43. The molecule has 0 bridgehead atoms. The van der Waals surface area contributed by atoms with Crippen molar-refractivity contribution in [3.8, 4) is 0 Å². The van der Waals surface area contributed by atoms with E-state index in [9.17, 15) is 9.90 Å². The molecule has 1 aromatic rings. The van der Waals surface area contributed by atoms with Gasteiger partial charge in [0, 0.05) is 18.4 Å². The first-order valence-corrected chi connectivity index (χ1v) is 7.17. The Bertz CT molecular complexity index is 438. The van der Waals surface area contributed by atoms with Gasteiger partial charge in [0.25, 0.3) is 0 Å². The Labute approximate surface area is 113 Å². The average molecular weight is 263 g/mol. The normalized spacial score (nSPS) is 28.7. The molecule has 0 spiro atoms. The largest absolute Gasteiger partial charge is 0.467 e. The highest BCUT2D eigenvalue weighted by molar-refractivity contribution is 5.81. The maximum atomic E-state index is 12.0. The van der Waals surface area contributed by atoms with Crippen LogP contribution in [0.5, 0.6) is 0 Å². The molecule has 4 atom stereocenters. The molecule has 0 saturated heterocycles. The van der Waals surface area contributed by atoms with E-state index in [4.69, 9.17) is 4.42 Å². The van der Waals surface area contributed by atoms with Crippen LogP contribution < -0.4 is 5.32 Å². The lowest BCUT2D eigenvalue weighted by atomic mass is 10.1. The molecule has 4 nitrogen and oxygen atoms in total. The maximum Gasteiger partial charge on any atom is 0.223 e. The van der Waals surface area contributed by atoms with E-state index in [1.807, 2.05) is 6.92 Å². The van der Waals surface area contributed by atoms with Gasteiger partial charge in [0.05, 0.1) is 6.26 Å². The standard InChI is InChI=1S/C15H21NO3/c1-9(7-13(17)14-3-2-6-19-14)16-15(18)12-8-11(12)10-4-5-10/h2-3,6,9-13,17H,4-5,7-8H2,1H3,(H,16,18)/t9-,11-,12-,13+/m1/s1. The third kappa shape index (κ3) is 3.00. The van der Waals surface area contributed by atoms with Crippen LogP contribution in [-0.4, -0.2) is 17.1 Å². The van der Waals surface area contributed by atoms with Gasteiger partial charge in [-0.25, -0.2) is 0 Å². The number of furan rings is 1. The minimum Gasteiger partial charge on any atom is -0.467 e. The molecule has 0 unspecified atom stereocenters. The zero-order valence-electron chi connectivity index (χ0n) is 11.2. The van der Waals surface area contributed by atoms with E-state index in [2.05, 4.69) is 5.32 Å². The van der Waals surface area contributed by atoms with Crippen LogP contribution in [0.25, 0.3) is 0 Å². The Morgan fingerprint density at radius 1 is 1.58 bits per heavy atom. The lowest BCUT2D eigenvalue weighted by Crippen LogP contribution is -2.35. The number of carbonyl (C=O) groups excluding carboxylic acids is 1. The summed E-state index contributed by atoms with van der Waals surface area (Å²) in [4.78, 5) is 12.0. The monoisotopic (exact) mass is 263 g/mol. The molecule has 1 heterocycles. The molecule has 104 valence electrons. The van der Waals surface area contributed by atoms with Crippen molar-refractivity contribution in [1.82, 2.24) is 5.32 Å². The fourth-order valence-corrected chi connectivity index (χ4v) is 2.90. The molecule has 2 N–H and O–H groups in total. The van der Waals surface area contributed by atoms with E-state index in [1.165, 1.54) is 12.8 Å². The number of amides is 1. The molecule has 19 heavy (non-hydrogen) atoms. The predicted octanol–water partition coefficient (Wildman–Crippen LogP) is 2.25. The fraction of sp³-hybridized carbons (Fsp3) is 0.667. The van der Waals surface area contributed by atoms with Gasteiger partial charge in [0.1, 0.15) is 11.9 Å². The molecule has 2 aliphatic carbocycles. The van der Waals surface area contributed by atoms with Crippen LogP contribution in [0.1, 0.15) is 44.5 Å². The summed E-state index contributed by atoms with van der Waals surface area (Å²) < 4.78 is 5.16. The second kappa shape index (κ2) is 5.00. The van der Waals surface area contributed by atoms with E-state index < -0.39 is 6.10 Å². The minimum absolute atomic E-state index is 0.0342. The van der Waals surface area contributed by atoms with Crippen LogP contribution in [0, 0.1) is 17.8 Å². The van der Waals surface area contributed by atoms with Crippen molar-refractivity contribution in [2.24, 2.45) is 17.8 Å². The molecule has 2 aliphatic rings. The van der Waals surface area contributed by atoms with Gasteiger partial charge < -0.3 is 14.8 Å². The van der Waals surface area contributed by atoms with Crippen molar-refractivity contribution in [2.75, 3.05) is 0 Å². The number of aliphatic hydroxyl groups is 1. The van der Waals surface area contributed by atoms with Gasteiger partial charge in [-0.2, -0.15) is 0 Å². The Morgan fingerprint density at radius 3 is 3.00 bits per heavy atom. The summed E-state index contributed by atoms with van der Waals surface area (Å²) in [7, 11) is 0. The van der Waals surface area contributed by atoms with Crippen LogP contribution in [-0.2, 0) is 4.79 Å². The summed E-state index contributed by atoms with van der Waals surface area (Å²) in [5.41, 5.74) is 0. The third-order valence-corrected chi connectivity index (χ3v) is 4.24. The lowest BCUT2D eigenvalue weighted by Gasteiger charge is -2.16. The molecule has 2 fully saturated rings. The quantitative estimate of drug-likeness (QED) is 0.827. The highest BCUT2D eigenvalue weighted by atomic mass is 16.4. The second-order valence-corrected chi connectivity index (χ2v) is 6.02. The van der Waals surface area contributed by atoms with Gasteiger partial charge in [0.2, 0.25) is 5.91 Å². The van der Waals surface area contributed by atoms with E-state index in [-0.39, 0.29) is 17.9 Å². The van der Waals surface area contributed by atoms with E-state index in [0.29, 0.717) is 18.1 Å². The van der Waals surface area contributed by atoms with Crippen LogP contribution in [0.4, 0.5) is 0 Å². The van der Waals surface area contributed by atoms with Crippen molar-refractivity contribution in [3.63, 3.8) is 0 Å². The second-order valence-electron chi connectivity index (χ2n) is 6.02. The first-order chi connectivity index (χ1) is 9.15. The molecule has 3 rings (SSSR count). The van der Waals surface area contributed by atoms with Crippen molar-refractivity contribution in [2.45, 2.75) is 44.8 Å². The van der Waals surface area contributed by atoms with E-state index in [0.717, 1.165) is 12.3 Å². The topological polar surface area (TPSA) is 62.5 Å². The number of carbonyl (C=O) groups is 1. The first kappa shape index (κ1) is 12.7. The summed E-state index contributed by atoms with van der Waals surface area (Å²) in [5, 5.41) is 13.0. The highest BCUT2D eigenvalue weighted by Gasteiger charge is 2.51. The molecule has 2 saturated carbocycles. The van der Waals surface area contributed by atoms with Crippen molar-refractivity contribution >= 4 is 5.91 Å². The SMILES string of the molecule is C[C@H](C[C@H](O)c1ccco1)NC(=O)[C@@H]1C[C@@H]1C1CC1. The number of hydrogen-bond donors (Lipinski definition) is 2. The summed E-state index contributed by atoms with van der Waals surface area (Å²) >= 11 is 0. The minimum atomic E-state index is -0.649. The molecular formula is C15H21NO3. The van der Waals surface area contributed by atoms with Crippen LogP contribution in [0.15, 0.2) is 22.8 Å². The first-order valence-electron chi connectivity index (χ1n) is 7.17. The zero-order chi connectivity index (χ0) is 13.4. The van der Waals surface area contributed by atoms with Gasteiger partial charge in [-0.3, -0.25) is 4.79 Å². The van der Waals surface area contributed by atoms with Gasteiger partial charge in [-0.15, -0.1) is 0 Å². The van der Waals surface area contributed by atoms with Crippen molar-refractivity contribution < 1.29 is 14.3 Å². The van der Waals surface area contributed by atoms with E-state index in [1.54, 1.807) is 18.4 Å². The highest BCUT2D eigenvalue weighted by Crippen LogP contribution is 2.54. The number of rotatable bonds is 6. The molecule has 0 aromatic carbocycles. The molecule has 1 aromatic heterocycles. The predicted molar refractivity (Wildman–Crippen MR) is 70.2 cm³/mol. The third-order valence-electron chi connectivity index (χ3n) is 4.24. The van der Waals surface area contributed by atoms with Gasteiger partial charge in [0.15, 0.2) is 0 Å². The number of nitrogens with one attached hydrogen (secondary N) is 1. The average Bonchev–Trinajstić information content (AvgIpc) is 3.25. The van der Waals surface area contributed by atoms with Crippen molar-refractivity contribution in [1.29, 1.82) is 0 Å².